The molecular formula is C19H20N4O3. The zero-order chi connectivity index (χ0) is 17.9. The van der Waals surface area contributed by atoms with Crippen LogP contribution < -0.4 is 10.1 Å². The van der Waals surface area contributed by atoms with Crippen LogP contribution in [0.3, 0.4) is 0 Å². The Bertz CT molecular complexity index is 874. The molecule has 0 aliphatic carbocycles. The fourth-order valence-electron chi connectivity index (χ4n) is 2.99. The van der Waals surface area contributed by atoms with Gasteiger partial charge in [-0.2, -0.15) is 0 Å². The highest BCUT2D eigenvalue weighted by molar-refractivity contribution is 5.94. The van der Waals surface area contributed by atoms with E-state index >= 15 is 0 Å². The topological polar surface area (TPSA) is 89.1 Å². The van der Waals surface area contributed by atoms with Crippen LogP contribution in [0.15, 0.2) is 42.6 Å². The van der Waals surface area contributed by atoms with Gasteiger partial charge in [-0.3, -0.25) is 9.78 Å². The Morgan fingerprint density at radius 1 is 1.31 bits per heavy atom. The number of imidazole rings is 1. The van der Waals surface area contributed by atoms with Crippen molar-refractivity contribution in [2.24, 2.45) is 0 Å². The molecule has 26 heavy (non-hydrogen) atoms. The van der Waals surface area contributed by atoms with Gasteiger partial charge in [-0.1, -0.05) is 12.1 Å². The summed E-state index contributed by atoms with van der Waals surface area (Å²) >= 11 is 0. The zero-order valence-corrected chi connectivity index (χ0v) is 14.4. The third-order valence-electron chi connectivity index (χ3n) is 4.40. The average Bonchev–Trinajstić information content (AvgIpc) is 3.09. The number of carbonyl (C=O) groups is 1. The van der Waals surface area contributed by atoms with Gasteiger partial charge in [0.2, 0.25) is 0 Å². The molecule has 1 aliphatic heterocycles. The SMILES string of the molecule is Cc1ccc(O[C@H]2COCC[C@H]2NC(=O)c2nc3ccccc3[nH]2)cn1. The molecule has 0 spiro atoms. The normalized spacial score (nSPS) is 20.0. The molecule has 3 aromatic rings. The molecule has 3 heterocycles. The van der Waals surface area contributed by atoms with Crippen molar-refractivity contribution < 1.29 is 14.3 Å². The minimum atomic E-state index is -0.276. The Morgan fingerprint density at radius 3 is 3.00 bits per heavy atom. The summed E-state index contributed by atoms with van der Waals surface area (Å²) in [6, 6.07) is 11.2. The maximum atomic E-state index is 12.6. The first-order chi connectivity index (χ1) is 12.7. The van der Waals surface area contributed by atoms with Crippen LogP contribution >= 0.6 is 0 Å². The largest absolute Gasteiger partial charge is 0.484 e. The first-order valence-electron chi connectivity index (χ1n) is 8.62. The number of carbonyl (C=O) groups excluding carboxylic acids is 1. The van der Waals surface area contributed by atoms with Crippen LogP contribution in [0.1, 0.15) is 22.7 Å². The molecule has 134 valence electrons. The monoisotopic (exact) mass is 352 g/mol. The first kappa shape index (κ1) is 16.5. The Kier molecular flexibility index (Phi) is 4.53. The Hall–Kier alpha value is -2.93. The second-order valence-corrected chi connectivity index (χ2v) is 6.34. The molecule has 1 saturated heterocycles. The fraction of sp³-hybridized carbons (Fsp3) is 0.316. The number of hydrogen-bond donors (Lipinski definition) is 2. The number of aryl methyl sites for hydroxylation is 1. The number of nitrogens with zero attached hydrogens (tertiary/aromatic N) is 2. The maximum Gasteiger partial charge on any atom is 0.287 e. The highest BCUT2D eigenvalue weighted by atomic mass is 16.5. The molecule has 0 unspecified atom stereocenters. The van der Waals surface area contributed by atoms with E-state index in [4.69, 9.17) is 9.47 Å². The van der Waals surface area contributed by atoms with E-state index in [0.29, 0.717) is 31.2 Å². The minimum Gasteiger partial charge on any atom is -0.484 e. The van der Waals surface area contributed by atoms with E-state index < -0.39 is 0 Å². The van der Waals surface area contributed by atoms with E-state index in [9.17, 15) is 4.79 Å². The Morgan fingerprint density at radius 2 is 2.19 bits per heavy atom. The number of aromatic amines is 1. The number of rotatable bonds is 4. The van der Waals surface area contributed by atoms with E-state index in [-0.39, 0.29) is 18.1 Å². The molecule has 7 nitrogen and oxygen atoms in total. The molecule has 2 N–H and O–H groups in total. The van der Waals surface area contributed by atoms with Crippen LogP contribution in [0.2, 0.25) is 0 Å². The quantitative estimate of drug-likeness (QED) is 0.752. The third-order valence-corrected chi connectivity index (χ3v) is 4.40. The van der Waals surface area contributed by atoms with Gasteiger partial charge < -0.3 is 19.8 Å². The number of amides is 1. The molecule has 1 fully saturated rings. The molecule has 0 saturated carbocycles. The number of para-hydroxylation sites is 2. The summed E-state index contributed by atoms with van der Waals surface area (Å²) in [7, 11) is 0. The molecule has 1 amide bonds. The molecule has 1 aromatic carbocycles. The van der Waals surface area contributed by atoms with Crippen molar-refractivity contribution in [2.75, 3.05) is 13.2 Å². The number of pyridine rings is 1. The van der Waals surface area contributed by atoms with Gasteiger partial charge in [0.1, 0.15) is 11.9 Å². The van der Waals surface area contributed by atoms with E-state index in [1.54, 1.807) is 6.20 Å². The summed E-state index contributed by atoms with van der Waals surface area (Å²) in [5, 5.41) is 3.02. The van der Waals surface area contributed by atoms with Crippen LogP contribution in [0.5, 0.6) is 5.75 Å². The van der Waals surface area contributed by atoms with Gasteiger partial charge in [0.05, 0.1) is 29.9 Å². The first-order valence-corrected chi connectivity index (χ1v) is 8.62. The predicted molar refractivity (Wildman–Crippen MR) is 96.2 cm³/mol. The van der Waals surface area contributed by atoms with Crippen LogP contribution in [-0.2, 0) is 4.74 Å². The molecule has 0 radical (unpaired) electrons. The van der Waals surface area contributed by atoms with Crippen molar-refractivity contribution in [3.8, 4) is 5.75 Å². The van der Waals surface area contributed by atoms with E-state index in [0.717, 1.165) is 16.7 Å². The van der Waals surface area contributed by atoms with Gasteiger partial charge in [-0.25, -0.2) is 4.98 Å². The number of hydrogen-bond acceptors (Lipinski definition) is 5. The highest BCUT2D eigenvalue weighted by Crippen LogP contribution is 2.18. The van der Waals surface area contributed by atoms with Crippen LogP contribution in [0.4, 0.5) is 0 Å². The lowest BCUT2D eigenvalue weighted by Crippen LogP contribution is -2.51. The summed E-state index contributed by atoms with van der Waals surface area (Å²) in [6.07, 6.45) is 2.08. The zero-order valence-electron chi connectivity index (χ0n) is 14.4. The number of fused-ring (bicyclic) bond motifs is 1. The standard InChI is InChI=1S/C19H20N4O3/c1-12-6-7-13(10-20-12)26-17-11-25-9-8-16(17)23-19(24)18-21-14-4-2-3-5-15(14)22-18/h2-7,10,16-17H,8-9,11H2,1H3,(H,21,22)(H,23,24)/t16-,17+/m1/s1. The lowest BCUT2D eigenvalue weighted by atomic mass is 10.1. The number of aromatic nitrogens is 3. The third kappa shape index (κ3) is 3.52. The van der Waals surface area contributed by atoms with Crippen LogP contribution in [-0.4, -0.2) is 46.2 Å². The van der Waals surface area contributed by atoms with E-state index in [1.165, 1.54) is 0 Å². The molecule has 0 bridgehead atoms. The molecule has 1 aliphatic rings. The summed E-state index contributed by atoms with van der Waals surface area (Å²) in [5.41, 5.74) is 2.53. The average molecular weight is 352 g/mol. The summed E-state index contributed by atoms with van der Waals surface area (Å²) in [4.78, 5) is 24.2. The molecule has 2 atom stereocenters. The lowest BCUT2D eigenvalue weighted by Gasteiger charge is -2.32. The van der Waals surface area contributed by atoms with Gasteiger partial charge in [0.25, 0.3) is 5.91 Å². The van der Waals surface area contributed by atoms with Gasteiger partial charge in [-0.15, -0.1) is 0 Å². The molecular weight excluding hydrogens is 332 g/mol. The summed E-state index contributed by atoms with van der Waals surface area (Å²) < 4.78 is 11.5. The second kappa shape index (κ2) is 7.13. The molecule has 7 heteroatoms. The Labute approximate surface area is 150 Å². The van der Waals surface area contributed by atoms with Crippen molar-refractivity contribution in [3.05, 3.63) is 54.1 Å². The molecule has 2 aromatic heterocycles. The van der Waals surface area contributed by atoms with Crippen molar-refractivity contribution in [2.45, 2.75) is 25.5 Å². The highest BCUT2D eigenvalue weighted by Gasteiger charge is 2.30. The van der Waals surface area contributed by atoms with Crippen molar-refractivity contribution in [3.63, 3.8) is 0 Å². The van der Waals surface area contributed by atoms with E-state index in [1.807, 2.05) is 43.3 Å². The molecule has 4 rings (SSSR count). The van der Waals surface area contributed by atoms with Gasteiger partial charge in [0, 0.05) is 12.3 Å². The number of H-pyrrole nitrogens is 1. The smallest absolute Gasteiger partial charge is 0.287 e. The van der Waals surface area contributed by atoms with Crippen LogP contribution in [0, 0.1) is 6.92 Å². The van der Waals surface area contributed by atoms with Crippen LogP contribution in [0.25, 0.3) is 11.0 Å². The fourth-order valence-corrected chi connectivity index (χ4v) is 2.99. The number of benzene rings is 1. The summed E-state index contributed by atoms with van der Waals surface area (Å²) in [6.45, 7) is 2.92. The van der Waals surface area contributed by atoms with Gasteiger partial charge in [0.15, 0.2) is 5.82 Å². The summed E-state index contributed by atoms with van der Waals surface area (Å²) in [5.74, 6) is 0.714. The van der Waals surface area contributed by atoms with Crippen molar-refractivity contribution >= 4 is 16.9 Å². The van der Waals surface area contributed by atoms with E-state index in [2.05, 4.69) is 20.3 Å². The minimum absolute atomic E-state index is 0.161. The number of nitrogens with one attached hydrogen (secondary N) is 2. The second-order valence-electron chi connectivity index (χ2n) is 6.34. The Balaban J connectivity index is 1.47. The van der Waals surface area contributed by atoms with Gasteiger partial charge >= 0.3 is 0 Å². The number of ether oxygens (including phenoxy) is 2. The van der Waals surface area contributed by atoms with Crippen molar-refractivity contribution in [1.82, 2.24) is 20.3 Å². The van der Waals surface area contributed by atoms with Crippen molar-refractivity contribution in [1.29, 1.82) is 0 Å². The lowest BCUT2D eigenvalue weighted by molar-refractivity contribution is -0.0137. The maximum absolute atomic E-state index is 12.6. The van der Waals surface area contributed by atoms with Gasteiger partial charge in [-0.05, 0) is 37.6 Å². The predicted octanol–water partition coefficient (Wildman–Crippen LogP) is 2.23.